The molecule has 0 aliphatic heterocycles. The minimum absolute atomic E-state index is 0.123. The highest BCUT2D eigenvalue weighted by molar-refractivity contribution is 6.32. The third-order valence-electron chi connectivity index (χ3n) is 3.54. The highest BCUT2D eigenvalue weighted by atomic mass is 35.5. The molecule has 1 fully saturated rings. The Balaban J connectivity index is 2.00. The van der Waals surface area contributed by atoms with Gasteiger partial charge >= 0.3 is 0 Å². The molecule has 0 aromatic carbocycles. The number of halogens is 1. The normalized spacial score (nSPS) is 25.3. The first-order chi connectivity index (χ1) is 8.18. The Morgan fingerprint density at radius 3 is 2.88 bits per heavy atom. The second-order valence-electron chi connectivity index (χ2n) is 4.80. The molecule has 0 radical (unpaired) electrons. The van der Waals surface area contributed by atoms with Crippen LogP contribution >= 0.6 is 11.6 Å². The number of furan rings is 1. The van der Waals surface area contributed by atoms with Crippen LogP contribution in [0.2, 0.25) is 5.22 Å². The van der Waals surface area contributed by atoms with Crippen LogP contribution in [0, 0.1) is 5.92 Å². The van der Waals surface area contributed by atoms with Crippen molar-refractivity contribution in [2.75, 3.05) is 0 Å². The van der Waals surface area contributed by atoms with Crippen LogP contribution < -0.4 is 5.32 Å². The van der Waals surface area contributed by atoms with Crippen molar-refractivity contribution in [1.29, 1.82) is 0 Å². The fourth-order valence-corrected chi connectivity index (χ4v) is 2.61. The van der Waals surface area contributed by atoms with Crippen molar-refractivity contribution >= 4 is 17.5 Å². The van der Waals surface area contributed by atoms with Gasteiger partial charge in [0.05, 0.1) is 11.8 Å². The van der Waals surface area contributed by atoms with E-state index in [2.05, 4.69) is 12.2 Å². The van der Waals surface area contributed by atoms with Crippen molar-refractivity contribution in [3.8, 4) is 0 Å². The van der Waals surface area contributed by atoms with Gasteiger partial charge in [-0.25, -0.2) is 0 Å². The smallest absolute Gasteiger partial charge is 0.256 e. The van der Waals surface area contributed by atoms with Crippen molar-refractivity contribution < 1.29 is 9.21 Å². The second kappa shape index (κ2) is 5.58. The second-order valence-corrected chi connectivity index (χ2v) is 5.15. The number of hydrogen-bond acceptors (Lipinski definition) is 2. The molecule has 0 bridgehead atoms. The number of carbonyl (C=O) groups is 1. The van der Waals surface area contributed by atoms with Crippen molar-refractivity contribution in [2.24, 2.45) is 5.92 Å². The lowest BCUT2D eigenvalue weighted by molar-refractivity contribution is 0.0921. The standard InChI is InChI=1S/C13H18ClNO2/c1-9-5-3-2-4-6-11(9)15-13(16)10-7-8-17-12(10)14/h7-9,11H,2-6H2,1H3,(H,15,16). The summed E-state index contributed by atoms with van der Waals surface area (Å²) in [6.45, 7) is 2.20. The fraction of sp³-hybridized carbons (Fsp3) is 0.615. The maximum Gasteiger partial charge on any atom is 0.256 e. The third-order valence-corrected chi connectivity index (χ3v) is 3.83. The van der Waals surface area contributed by atoms with Gasteiger partial charge in [0.25, 0.3) is 5.91 Å². The van der Waals surface area contributed by atoms with E-state index in [0.717, 1.165) is 6.42 Å². The van der Waals surface area contributed by atoms with Gasteiger partial charge in [-0.15, -0.1) is 0 Å². The Kier molecular flexibility index (Phi) is 4.11. The van der Waals surface area contributed by atoms with E-state index in [1.807, 2.05) is 0 Å². The van der Waals surface area contributed by atoms with Crippen LogP contribution in [0.5, 0.6) is 0 Å². The Hall–Kier alpha value is -0.960. The van der Waals surface area contributed by atoms with Gasteiger partial charge in [-0.05, 0) is 36.4 Å². The lowest BCUT2D eigenvalue weighted by Gasteiger charge is -2.22. The molecule has 1 heterocycles. The maximum atomic E-state index is 12.0. The molecule has 0 spiro atoms. The lowest BCUT2D eigenvalue weighted by atomic mass is 9.97. The predicted octanol–water partition coefficient (Wildman–Crippen LogP) is 3.63. The highest BCUT2D eigenvalue weighted by Crippen LogP contribution is 2.24. The summed E-state index contributed by atoms with van der Waals surface area (Å²) in [5, 5.41) is 3.24. The molecule has 1 amide bonds. The van der Waals surface area contributed by atoms with E-state index in [-0.39, 0.29) is 17.2 Å². The highest BCUT2D eigenvalue weighted by Gasteiger charge is 2.23. The predicted molar refractivity (Wildman–Crippen MR) is 67.2 cm³/mol. The van der Waals surface area contributed by atoms with E-state index in [4.69, 9.17) is 16.0 Å². The van der Waals surface area contributed by atoms with Gasteiger partial charge < -0.3 is 9.73 Å². The molecule has 94 valence electrons. The Morgan fingerprint density at radius 1 is 1.41 bits per heavy atom. The molecule has 1 saturated carbocycles. The Morgan fingerprint density at radius 2 is 2.18 bits per heavy atom. The van der Waals surface area contributed by atoms with Gasteiger partial charge in [-0.1, -0.05) is 26.2 Å². The molecular formula is C13H18ClNO2. The fourth-order valence-electron chi connectivity index (χ4n) is 2.41. The van der Waals surface area contributed by atoms with Gasteiger partial charge in [0.2, 0.25) is 5.22 Å². The summed E-state index contributed by atoms with van der Waals surface area (Å²) in [4.78, 5) is 12.0. The molecule has 2 atom stereocenters. The van der Waals surface area contributed by atoms with Gasteiger partial charge in [-0.3, -0.25) is 4.79 Å². The molecular weight excluding hydrogens is 238 g/mol. The minimum atomic E-state index is -0.123. The van der Waals surface area contributed by atoms with Gasteiger partial charge in [0.1, 0.15) is 0 Å². The number of carbonyl (C=O) groups excluding carboxylic acids is 1. The van der Waals surface area contributed by atoms with Crippen molar-refractivity contribution in [1.82, 2.24) is 5.32 Å². The zero-order valence-electron chi connectivity index (χ0n) is 10.0. The number of amides is 1. The van der Waals surface area contributed by atoms with E-state index in [1.165, 1.54) is 31.9 Å². The quantitative estimate of drug-likeness (QED) is 0.820. The first-order valence-corrected chi connectivity index (χ1v) is 6.60. The zero-order chi connectivity index (χ0) is 12.3. The summed E-state index contributed by atoms with van der Waals surface area (Å²) in [5.74, 6) is 0.412. The summed E-state index contributed by atoms with van der Waals surface area (Å²) in [6, 6.07) is 1.87. The molecule has 4 heteroatoms. The SMILES string of the molecule is CC1CCCCCC1NC(=O)c1ccoc1Cl. The molecule has 0 saturated heterocycles. The molecule has 1 N–H and O–H groups in total. The summed E-state index contributed by atoms with van der Waals surface area (Å²) in [7, 11) is 0. The summed E-state index contributed by atoms with van der Waals surface area (Å²) >= 11 is 5.79. The number of nitrogens with one attached hydrogen (secondary N) is 1. The number of rotatable bonds is 2. The van der Waals surface area contributed by atoms with E-state index in [1.54, 1.807) is 6.07 Å². The van der Waals surface area contributed by atoms with Crippen molar-refractivity contribution in [3.05, 3.63) is 23.1 Å². The van der Waals surface area contributed by atoms with E-state index in [0.29, 0.717) is 11.5 Å². The third kappa shape index (κ3) is 3.03. The largest absolute Gasteiger partial charge is 0.452 e. The minimum Gasteiger partial charge on any atom is -0.452 e. The van der Waals surface area contributed by atoms with Crippen LogP contribution in [0.25, 0.3) is 0 Å². The topological polar surface area (TPSA) is 42.2 Å². The monoisotopic (exact) mass is 255 g/mol. The summed E-state index contributed by atoms with van der Waals surface area (Å²) < 4.78 is 4.93. The molecule has 17 heavy (non-hydrogen) atoms. The maximum absolute atomic E-state index is 12.0. The van der Waals surface area contributed by atoms with Gasteiger partial charge in [-0.2, -0.15) is 0 Å². The van der Waals surface area contributed by atoms with Crippen LogP contribution in [-0.2, 0) is 0 Å². The molecule has 2 unspecified atom stereocenters. The van der Waals surface area contributed by atoms with Crippen LogP contribution in [0.4, 0.5) is 0 Å². The van der Waals surface area contributed by atoms with E-state index in [9.17, 15) is 4.79 Å². The summed E-state index contributed by atoms with van der Waals surface area (Å²) in [5.41, 5.74) is 0.433. The molecule has 1 aliphatic carbocycles. The van der Waals surface area contributed by atoms with Crippen LogP contribution in [-0.4, -0.2) is 11.9 Å². The average molecular weight is 256 g/mol. The van der Waals surface area contributed by atoms with Crippen molar-refractivity contribution in [2.45, 2.75) is 45.1 Å². The molecule has 1 aliphatic rings. The first kappa shape index (κ1) is 12.5. The van der Waals surface area contributed by atoms with Gasteiger partial charge in [0.15, 0.2) is 0 Å². The zero-order valence-corrected chi connectivity index (χ0v) is 10.8. The lowest BCUT2D eigenvalue weighted by Crippen LogP contribution is -2.38. The summed E-state index contributed by atoms with van der Waals surface area (Å²) in [6.07, 6.45) is 7.40. The first-order valence-electron chi connectivity index (χ1n) is 6.22. The van der Waals surface area contributed by atoms with Crippen LogP contribution in [0.15, 0.2) is 16.7 Å². The Labute approximate surface area is 107 Å². The number of hydrogen-bond donors (Lipinski definition) is 1. The molecule has 2 rings (SSSR count). The molecule has 1 aromatic heterocycles. The van der Waals surface area contributed by atoms with Crippen molar-refractivity contribution in [3.63, 3.8) is 0 Å². The van der Waals surface area contributed by atoms with E-state index < -0.39 is 0 Å². The van der Waals surface area contributed by atoms with Crippen LogP contribution in [0.1, 0.15) is 49.4 Å². The molecule has 1 aromatic rings. The van der Waals surface area contributed by atoms with E-state index >= 15 is 0 Å². The Bertz CT molecular complexity index is 389. The average Bonchev–Trinajstić information content (AvgIpc) is 2.63. The van der Waals surface area contributed by atoms with Gasteiger partial charge in [0, 0.05) is 6.04 Å². The van der Waals surface area contributed by atoms with Crippen LogP contribution in [0.3, 0.4) is 0 Å². The molecule has 3 nitrogen and oxygen atoms in total.